The fourth-order valence-electron chi connectivity index (χ4n) is 4.88. The standard InChI is InChI=1S/C32H41N5O3/c1-6-40-32(38)28-21-27(23-12-14-25(15-13-23)36(4)18-19-39-5)29(30(33)22(2)3)31(35-28)34-24-10-9-11-26(20-24)37-16-7-8-17-37/h9-15,20-22,33H,6-8,16-19H2,1-5H3,(H,34,35). The molecular weight excluding hydrogens is 502 g/mol. The molecule has 4 rings (SSSR count). The molecule has 0 atom stereocenters. The molecule has 1 aliphatic rings. The van der Waals surface area contributed by atoms with Crippen molar-refractivity contribution >= 4 is 34.6 Å². The Bertz CT molecular complexity index is 1320. The minimum atomic E-state index is -0.490. The smallest absolute Gasteiger partial charge is 0.357 e. The summed E-state index contributed by atoms with van der Waals surface area (Å²) in [4.78, 5) is 22.2. The first-order valence-electron chi connectivity index (χ1n) is 14.1. The van der Waals surface area contributed by atoms with Gasteiger partial charge in [0.1, 0.15) is 5.82 Å². The van der Waals surface area contributed by atoms with Crippen molar-refractivity contribution in [2.24, 2.45) is 5.92 Å². The van der Waals surface area contributed by atoms with Gasteiger partial charge in [-0.2, -0.15) is 0 Å². The van der Waals surface area contributed by atoms with E-state index in [0.29, 0.717) is 23.7 Å². The van der Waals surface area contributed by atoms with Crippen molar-refractivity contribution in [3.05, 3.63) is 65.9 Å². The molecule has 1 aromatic heterocycles. The molecule has 0 bridgehead atoms. The lowest BCUT2D eigenvalue weighted by Crippen LogP contribution is -2.21. The van der Waals surface area contributed by atoms with E-state index in [1.165, 1.54) is 12.8 Å². The number of benzene rings is 2. The number of nitrogens with one attached hydrogen (secondary N) is 2. The highest BCUT2D eigenvalue weighted by Gasteiger charge is 2.23. The van der Waals surface area contributed by atoms with Crippen molar-refractivity contribution in [2.45, 2.75) is 33.6 Å². The number of hydrogen-bond acceptors (Lipinski definition) is 8. The zero-order valence-corrected chi connectivity index (χ0v) is 24.3. The monoisotopic (exact) mass is 543 g/mol. The van der Waals surface area contributed by atoms with Crippen molar-refractivity contribution in [3.8, 4) is 11.1 Å². The number of likely N-dealkylation sites (N-methyl/N-ethyl adjacent to an activating group) is 1. The zero-order chi connectivity index (χ0) is 28.6. The van der Waals surface area contributed by atoms with Crippen LogP contribution in [0.4, 0.5) is 22.9 Å². The number of carbonyl (C=O) groups is 1. The van der Waals surface area contributed by atoms with Crippen LogP contribution < -0.4 is 15.1 Å². The third-order valence-corrected chi connectivity index (χ3v) is 7.18. The van der Waals surface area contributed by atoms with E-state index in [-0.39, 0.29) is 18.2 Å². The van der Waals surface area contributed by atoms with Crippen LogP contribution in [0, 0.1) is 11.3 Å². The topological polar surface area (TPSA) is 90.8 Å². The van der Waals surface area contributed by atoms with Crippen LogP contribution in [0.1, 0.15) is 49.7 Å². The van der Waals surface area contributed by atoms with Gasteiger partial charge in [-0.05, 0) is 73.2 Å². The lowest BCUT2D eigenvalue weighted by atomic mass is 9.91. The average Bonchev–Trinajstić information content (AvgIpc) is 3.51. The number of hydrogen-bond donors (Lipinski definition) is 2. The number of pyridine rings is 1. The largest absolute Gasteiger partial charge is 0.461 e. The van der Waals surface area contributed by atoms with E-state index in [1.807, 2.05) is 57.3 Å². The zero-order valence-electron chi connectivity index (χ0n) is 24.3. The summed E-state index contributed by atoms with van der Waals surface area (Å²) in [5.74, 6) is -0.0693. The molecule has 2 heterocycles. The predicted molar refractivity (Wildman–Crippen MR) is 164 cm³/mol. The average molecular weight is 544 g/mol. The van der Waals surface area contributed by atoms with E-state index in [1.54, 1.807) is 20.1 Å². The predicted octanol–water partition coefficient (Wildman–Crippen LogP) is 6.38. The second kappa shape index (κ2) is 13.4. The van der Waals surface area contributed by atoms with Crippen molar-refractivity contribution in [2.75, 3.05) is 62.1 Å². The Labute approximate surface area is 237 Å². The first-order chi connectivity index (χ1) is 19.3. The fourth-order valence-corrected chi connectivity index (χ4v) is 4.88. The Balaban J connectivity index is 1.81. The van der Waals surface area contributed by atoms with Gasteiger partial charge >= 0.3 is 5.97 Å². The highest BCUT2D eigenvalue weighted by Crippen LogP contribution is 2.35. The summed E-state index contributed by atoms with van der Waals surface area (Å²) in [5, 5.41) is 12.5. The molecule has 1 aliphatic heterocycles. The number of methoxy groups -OCH3 is 1. The summed E-state index contributed by atoms with van der Waals surface area (Å²) in [6.45, 7) is 9.52. The molecule has 0 amide bonds. The van der Waals surface area contributed by atoms with Crippen LogP contribution >= 0.6 is 0 Å². The van der Waals surface area contributed by atoms with Crippen LogP contribution in [-0.2, 0) is 9.47 Å². The quantitative estimate of drug-likeness (QED) is 0.202. The lowest BCUT2D eigenvalue weighted by molar-refractivity contribution is 0.0519. The normalized spacial score (nSPS) is 13.0. The molecule has 0 aliphatic carbocycles. The summed E-state index contributed by atoms with van der Waals surface area (Å²) in [7, 11) is 3.72. The molecule has 40 heavy (non-hydrogen) atoms. The van der Waals surface area contributed by atoms with E-state index in [2.05, 4.69) is 27.2 Å². The molecule has 0 radical (unpaired) electrons. The number of ether oxygens (including phenoxy) is 2. The van der Waals surface area contributed by atoms with Crippen LogP contribution in [-0.4, -0.2) is 63.7 Å². The molecular formula is C32H41N5O3. The summed E-state index contributed by atoms with van der Waals surface area (Å²) in [6, 6.07) is 18.1. The Hall–Kier alpha value is -3.91. The third-order valence-electron chi connectivity index (χ3n) is 7.18. The highest BCUT2D eigenvalue weighted by atomic mass is 16.5. The third kappa shape index (κ3) is 6.80. The summed E-state index contributed by atoms with van der Waals surface area (Å²) in [6.07, 6.45) is 2.39. The van der Waals surface area contributed by atoms with Gasteiger partial charge in [0.05, 0.1) is 13.2 Å². The summed E-state index contributed by atoms with van der Waals surface area (Å²) in [5.41, 5.74) is 6.05. The SMILES string of the molecule is CCOC(=O)c1cc(-c2ccc(N(C)CCOC)cc2)c(C(=N)C(C)C)c(Nc2cccc(N3CCCC3)c2)n1. The molecule has 1 fully saturated rings. The number of esters is 1. The van der Waals surface area contributed by atoms with Gasteiger partial charge in [-0.15, -0.1) is 0 Å². The molecule has 212 valence electrons. The van der Waals surface area contributed by atoms with E-state index in [4.69, 9.17) is 19.9 Å². The van der Waals surface area contributed by atoms with Crippen LogP contribution in [0.3, 0.4) is 0 Å². The molecule has 8 nitrogen and oxygen atoms in total. The number of rotatable bonds is 12. The maximum absolute atomic E-state index is 12.9. The summed E-state index contributed by atoms with van der Waals surface area (Å²) >= 11 is 0. The fraction of sp³-hybridized carbons (Fsp3) is 0.406. The van der Waals surface area contributed by atoms with E-state index >= 15 is 0 Å². The second-order valence-electron chi connectivity index (χ2n) is 10.4. The Morgan fingerprint density at radius 3 is 2.50 bits per heavy atom. The van der Waals surface area contributed by atoms with E-state index < -0.39 is 5.97 Å². The van der Waals surface area contributed by atoms with Gasteiger partial charge in [0.2, 0.25) is 0 Å². The molecule has 2 N–H and O–H groups in total. The van der Waals surface area contributed by atoms with Crippen molar-refractivity contribution in [3.63, 3.8) is 0 Å². The van der Waals surface area contributed by atoms with Crippen LogP contribution in [0.5, 0.6) is 0 Å². The number of carbonyl (C=O) groups excluding carboxylic acids is 1. The molecule has 8 heteroatoms. The Kier molecular flexibility index (Phi) is 9.77. The lowest BCUT2D eigenvalue weighted by Gasteiger charge is -2.22. The van der Waals surface area contributed by atoms with Gasteiger partial charge in [-0.3, -0.25) is 0 Å². The second-order valence-corrected chi connectivity index (χ2v) is 10.4. The van der Waals surface area contributed by atoms with Gasteiger partial charge in [-0.1, -0.05) is 32.0 Å². The molecule has 0 saturated carbocycles. The Morgan fingerprint density at radius 2 is 1.85 bits per heavy atom. The van der Waals surface area contributed by atoms with Gasteiger partial charge in [-0.25, -0.2) is 9.78 Å². The highest BCUT2D eigenvalue weighted by molar-refractivity contribution is 6.10. The maximum Gasteiger partial charge on any atom is 0.357 e. The molecule has 0 unspecified atom stereocenters. The van der Waals surface area contributed by atoms with Crippen molar-refractivity contribution < 1.29 is 14.3 Å². The number of nitrogens with zero attached hydrogens (tertiary/aromatic N) is 3. The van der Waals surface area contributed by atoms with Crippen molar-refractivity contribution in [1.29, 1.82) is 5.41 Å². The van der Waals surface area contributed by atoms with E-state index in [0.717, 1.165) is 47.8 Å². The number of aromatic nitrogens is 1. The number of anilines is 4. The minimum absolute atomic E-state index is 0.0510. The maximum atomic E-state index is 12.9. The van der Waals surface area contributed by atoms with Crippen LogP contribution in [0.2, 0.25) is 0 Å². The van der Waals surface area contributed by atoms with Crippen LogP contribution in [0.25, 0.3) is 11.1 Å². The van der Waals surface area contributed by atoms with Gasteiger partial charge in [0.15, 0.2) is 5.69 Å². The molecule has 1 saturated heterocycles. The van der Waals surface area contributed by atoms with Gasteiger partial charge in [0, 0.05) is 62.1 Å². The Morgan fingerprint density at radius 1 is 1.12 bits per heavy atom. The molecule has 3 aromatic rings. The van der Waals surface area contributed by atoms with Crippen LogP contribution in [0.15, 0.2) is 54.6 Å². The molecule has 2 aromatic carbocycles. The van der Waals surface area contributed by atoms with Crippen molar-refractivity contribution in [1.82, 2.24) is 4.98 Å². The van der Waals surface area contributed by atoms with E-state index in [9.17, 15) is 4.79 Å². The first kappa shape index (κ1) is 29.1. The first-order valence-corrected chi connectivity index (χ1v) is 14.1. The van der Waals surface area contributed by atoms with Gasteiger partial charge in [0.25, 0.3) is 0 Å². The summed E-state index contributed by atoms with van der Waals surface area (Å²) < 4.78 is 10.6. The minimum Gasteiger partial charge on any atom is -0.461 e. The molecule has 0 spiro atoms. The van der Waals surface area contributed by atoms with Gasteiger partial charge < -0.3 is 30.0 Å².